The van der Waals surface area contributed by atoms with E-state index in [1.54, 1.807) is 6.07 Å². The van der Waals surface area contributed by atoms with Gasteiger partial charge in [0.25, 0.3) is 0 Å². The summed E-state index contributed by atoms with van der Waals surface area (Å²) in [4.78, 5) is 38.0. The Bertz CT molecular complexity index is 1080. The van der Waals surface area contributed by atoms with Gasteiger partial charge in [0.1, 0.15) is 22.8 Å². The van der Waals surface area contributed by atoms with Crippen LogP contribution in [-0.4, -0.2) is 45.4 Å². The van der Waals surface area contributed by atoms with Crippen molar-refractivity contribution in [2.75, 3.05) is 7.11 Å². The zero-order valence-electron chi connectivity index (χ0n) is 15.3. The molecule has 0 saturated heterocycles. The summed E-state index contributed by atoms with van der Waals surface area (Å²) in [6.07, 6.45) is -0.113. The molecule has 0 spiro atoms. The maximum absolute atomic E-state index is 13.1. The highest BCUT2D eigenvalue weighted by Gasteiger charge is 2.44. The number of benzene rings is 2. The third-order valence-corrected chi connectivity index (χ3v) is 5.74. The van der Waals surface area contributed by atoms with Crippen molar-refractivity contribution >= 4 is 17.3 Å². The molecule has 2 aliphatic carbocycles. The number of phenolic OH excluding ortho intramolecular Hbond substituents is 2. The molecule has 7 nitrogen and oxygen atoms in total. The predicted octanol–water partition coefficient (Wildman–Crippen LogP) is 1.69. The Balaban J connectivity index is 2.00. The summed E-state index contributed by atoms with van der Waals surface area (Å²) >= 11 is 0. The van der Waals surface area contributed by atoms with Crippen LogP contribution < -0.4 is 4.74 Å². The van der Waals surface area contributed by atoms with E-state index in [0.717, 1.165) is 0 Å². The van der Waals surface area contributed by atoms with Crippen LogP contribution in [0, 0.1) is 0 Å². The summed E-state index contributed by atoms with van der Waals surface area (Å²) in [6.45, 7) is 1.25. The monoisotopic (exact) mass is 382 g/mol. The van der Waals surface area contributed by atoms with Gasteiger partial charge in [-0.3, -0.25) is 14.4 Å². The van der Waals surface area contributed by atoms with Crippen LogP contribution in [-0.2, 0) is 17.6 Å². The maximum atomic E-state index is 13.1. The van der Waals surface area contributed by atoms with E-state index in [1.807, 2.05) is 0 Å². The maximum Gasteiger partial charge on any atom is 0.202 e. The van der Waals surface area contributed by atoms with Gasteiger partial charge in [0, 0.05) is 23.1 Å². The number of ketones is 3. The van der Waals surface area contributed by atoms with Crippen LogP contribution in [0.4, 0.5) is 0 Å². The number of Topliss-reactive ketones (excluding diaryl/α,β-unsaturated/α-hetero) is 1. The zero-order chi connectivity index (χ0) is 20.4. The van der Waals surface area contributed by atoms with Crippen molar-refractivity contribution in [1.29, 1.82) is 0 Å². The minimum atomic E-state index is -1.69. The van der Waals surface area contributed by atoms with Crippen LogP contribution in [0.25, 0.3) is 0 Å². The zero-order valence-corrected chi connectivity index (χ0v) is 15.3. The van der Waals surface area contributed by atoms with Gasteiger partial charge < -0.3 is 20.1 Å². The number of rotatable bonds is 2. The highest BCUT2D eigenvalue weighted by molar-refractivity contribution is 6.31. The van der Waals surface area contributed by atoms with Crippen LogP contribution in [0.5, 0.6) is 17.2 Å². The molecule has 0 aliphatic heterocycles. The first-order chi connectivity index (χ1) is 13.2. The Morgan fingerprint density at radius 1 is 1.04 bits per heavy atom. The molecular weight excluding hydrogens is 364 g/mol. The topological polar surface area (TPSA) is 121 Å². The van der Waals surface area contributed by atoms with E-state index in [1.165, 1.54) is 26.2 Å². The molecule has 0 heterocycles. The Morgan fingerprint density at radius 2 is 1.68 bits per heavy atom. The number of methoxy groups -OCH3 is 1. The molecule has 144 valence electrons. The fourth-order valence-electron chi connectivity index (χ4n) is 4.12. The van der Waals surface area contributed by atoms with Crippen LogP contribution in [0.15, 0.2) is 18.2 Å². The number of ether oxygens (including phenoxy) is 1. The number of fused-ring (bicyclic) bond motifs is 3. The number of phenols is 2. The molecule has 1 atom stereocenters. The molecule has 28 heavy (non-hydrogen) atoms. The van der Waals surface area contributed by atoms with Gasteiger partial charge in [0.15, 0.2) is 11.6 Å². The molecule has 4 rings (SSSR count). The Morgan fingerprint density at radius 3 is 2.32 bits per heavy atom. The van der Waals surface area contributed by atoms with Crippen molar-refractivity contribution in [3.05, 3.63) is 51.6 Å². The molecular formula is C21H18O7. The molecule has 0 saturated carbocycles. The van der Waals surface area contributed by atoms with E-state index >= 15 is 0 Å². The first-order valence-corrected chi connectivity index (χ1v) is 8.80. The minimum Gasteiger partial charge on any atom is -0.507 e. The minimum absolute atomic E-state index is 0.0354. The largest absolute Gasteiger partial charge is 0.507 e. The number of carbonyl (C=O) groups is 3. The fraction of sp³-hybridized carbons (Fsp3) is 0.286. The first-order valence-electron chi connectivity index (χ1n) is 8.80. The van der Waals surface area contributed by atoms with Crippen molar-refractivity contribution in [3.63, 3.8) is 0 Å². The lowest BCUT2D eigenvalue weighted by atomic mass is 9.73. The average Bonchev–Trinajstić information content (AvgIpc) is 2.68. The number of carbonyl (C=O) groups excluding carboxylic acids is 3. The SMILES string of the molecule is COc1cccc2c1C(=O)c1c(O)c3c(c(O)c1C2=O)C[C@](O)(C(C)=O)CC3. The molecule has 0 amide bonds. The lowest BCUT2D eigenvalue weighted by molar-refractivity contribution is -0.136. The summed E-state index contributed by atoms with van der Waals surface area (Å²) in [7, 11) is 1.37. The van der Waals surface area contributed by atoms with E-state index in [2.05, 4.69) is 0 Å². The molecule has 0 radical (unpaired) electrons. The molecule has 0 aromatic heterocycles. The van der Waals surface area contributed by atoms with Crippen LogP contribution >= 0.6 is 0 Å². The quantitative estimate of drug-likeness (QED) is 0.577. The van der Waals surface area contributed by atoms with Gasteiger partial charge in [-0.1, -0.05) is 12.1 Å². The molecule has 2 aromatic carbocycles. The molecule has 0 bridgehead atoms. The van der Waals surface area contributed by atoms with Crippen molar-refractivity contribution in [1.82, 2.24) is 0 Å². The second kappa shape index (κ2) is 5.90. The lowest BCUT2D eigenvalue weighted by Gasteiger charge is -2.34. The molecule has 0 unspecified atom stereocenters. The first kappa shape index (κ1) is 18.2. The second-order valence-electron chi connectivity index (χ2n) is 7.21. The van der Waals surface area contributed by atoms with Gasteiger partial charge in [-0.15, -0.1) is 0 Å². The molecule has 0 fully saturated rings. The third kappa shape index (κ3) is 2.23. The van der Waals surface area contributed by atoms with Crippen LogP contribution in [0.2, 0.25) is 0 Å². The standard InChI is InChI=1S/C21H18O7/c1-9(22)21(27)7-6-10-12(8-21)19(25)15-16(17(10)23)20(26)14-11(18(15)24)4-3-5-13(14)28-2/h3-5,23,25,27H,6-8H2,1-2H3/t21-/m0/s1. The molecule has 2 aromatic rings. The van der Waals surface area contributed by atoms with Crippen LogP contribution in [0.1, 0.15) is 56.3 Å². The Hall–Kier alpha value is -3.19. The lowest BCUT2D eigenvalue weighted by Crippen LogP contribution is -2.42. The van der Waals surface area contributed by atoms with Gasteiger partial charge in [-0.25, -0.2) is 0 Å². The summed E-state index contributed by atoms with van der Waals surface area (Å²) in [5.74, 6) is -2.39. The summed E-state index contributed by atoms with van der Waals surface area (Å²) in [5, 5.41) is 32.2. The molecule has 7 heteroatoms. The van der Waals surface area contributed by atoms with Crippen molar-refractivity contribution < 1.29 is 34.4 Å². The van der Waals surface area contributed by atoms with E-state index in [9.17, 15) is 29.7 Å². The highest BCUT2D eigenvalue weighted by Crippen LogP contribution is 2.48. The van der Waals surface area contributed by atoms with E-state index in [-0.39, 0.29) is 58.4 Å². The van der Waals surface area contributed by atoms with Gasteiger partial charge >= 0.3 is 0 Å². The van der Waals surface area contributed by atoms with Gasteiger partial charge in [-0.05, 0) is 25.8 Å². The molecule has 3 N–H and O–H groups in total. The summed E-state index contributed by atoms with van der Waals surface area (Å²) in [5.41, 5.74) is -1.79. The van der Waals surface area contributed by atoms with Gasteiger partial charge in [0.2, 0.25) is 5.78 Å². The van der Waals surface area contributed by atoms with E-state index < -0.39 is 34.4 Å². The number of aromatic hydroxyl groups is 2. The number of hydrogen-bond acceptors (Lipinski definition) is 7. The Kier molecular flexibility index (Phi) is 3.83. The molecule has 2 aliphatic rings. The normalized spacial score (nSPS) is 20.2. The smallest absolute Gasteiger partial charge is 0.202 e. The summed E-state index contributed by atoms with van der Waals surface area (Å²) in [6, 6.07) is 4.54. The third-order valence-electron chi connectivity index (χ3n) is 5.74. The van der Waals surface area contributed by atoms with Gasteiger partial charge in [-0.2, -0.15) is 0 Å². The van der Waals surface area contributed by atoms with Crippen molar-refractivity contribution in [2.24, 2.45) is 0 Å². The van der Waals surface area contributed by atoms with E-state index in [4.69, 9.17) is 4.74 Å². The predicted molar refractivity (Wildman–Crippen MR) is 97.3 cm³/mol. The second-order valence-corrected chi connectivity index (χ2v) is 7.21. The highest BCUT2D eigenvalue weighted by atomic mass is 16.5. The summed E-state index contributed by atoms with van der Waals surface area (Å²) < 4.78 is 5.20. The Labute approximate surface area is 160 Å². The number of aliphatic hydroxyl groups is 1. The van der Waals surface area contributed by atoms with E-state index in [0.29, 0.717) is 0 Å². The van der Waals surface area contributed by atoms with Crippen molar-refractivity contribution in [3.8, 4) is 17.2 Å². The van der Waals surface area contributed by atoms with Gasteiger partial charge in [0.05, 0.1) is 23.8 Å². The average molecular weight is 382 g/mol. The number of hydrogen-bond donors (Lipinski definition) is 3. The fourth-order valence-corrected chi connectivity index (χ4v) is 4.12. The van der Waals surface area contributed by atoms with Crippen LogP contribution in [0.3, 0.4) is 0 Å². The van der Waals surface area contributed by atoms with Crippen molar-refractivity contribution in [2.45, 2.75) is 31.8 Å².